The summed E-state index contributed by atoms with van der Waals surface area (Å²) in [5.41, 5.74) is 10.3. The number of anilines is 1. The standard InChI is InChI=1S/C31H34F2N4O2/c1-4-26(21-7-12-24(32)13-8-21)30(23-11-16-28(34)27(20-23)31(33)35)22-9-14-25(15-10-22)39-19-18-36-17-5-6-29(38)37(2)3/h5-16,20,35-36H,4,17-19,34H2,1-3H3/b6-5+,30-26+,35-31?. The number of halogens is 2. The Morgan fingerprint density at radius 3 is 2.28 bits per heavy atom. The highest BCUT2D eigenvalue weighted by atomic mass is 19.1. The van der Waals surface area contributed by atoms with E-state index < -0.39 is 5.97 Å². The van der Waals surface area contributed by atoms with Crippen molar-refractivity contribution >= 4 is 28.7 Å². The number of carbonyl (C=O) groups excluding carboxylic acids is 1. The number of carbonyl (C=O) groups is 1. The number of nitrogens with zero attached hydrogens (tertiary/aromatic N) is 1. The van der Waals surface area contributed by atoms with Gasteiger partial charge in [0.1, 0.15) is 18.2 Å². The summed E-state index contributed by atoms with van der Waals surface area (Å²) in [7, 11) is 3.40. The number of rotatable bonds is 12. The number of nitrogens with one attached hydrogen (secondary N) is 2. The van der Waals surface area contributed by atoms with Gasteiger partial charge in [-0.05, 0) is 70.7 Å². The highest BCUT2D eigenvalue weighted by molar-refractivity contribution is 6.02. The van der Waals surface area contributed by atoms with Crippen LogP contribution in [0.5, 0.6) is 5.75 Å². The fraction of sp³-hybridized carbons (Fsp3) is 0.226. The Kier molecular flexibility index (Phi) is 10.5. The maximum Gasteiger partial charge on any atom is 0.245 e. The maximum atomic E-state index is 13.9. The molecule has 0 aliphatic rings. The minimum atomic E-state index is -1.11. The molecule has 0 unspecified atom stereocenters. The molecule has 0 aliphatic carbocycles. The van der Waals surface area contributed by atoms with Crippen molar-refractivity contribution in [1.82, 2.24) is 10.2 Å². The lowest BCUT2D eigenvalue weighted by molar-refractivity contribution is -0.123. The van der Waals surface area contributed by atoms with E-state index >= 15 is 0 Å². The first-order valence-corrected chi connectivity index (χ1v) is 12.7. The third-order valence-electron chi connectivity index (χ3n) is 6.08. The number of nitrogens with two attached hydrogens (primary N) is 1. The Labute approximate surface area is 228 Å². The first-order chi connectivity index (χ1) is 18.7. The van der Waals surface area contributed by atoms with Gasteiger partial charge in [0.05, 0.1) is 5.56 Å². The molecule has 0 heterocycles. The molecular formula is C31H34F2N4O2. The van der Waals surface area contributed by atoms with Gasteiger partial charge in [0.15, 0.2) is 0 Å². The van der Waals surface area contributed by atoms with Crippen LogP contribution in [0.4, 0.5) is 14.5 Å². The lowest BCUT2D eigenvalue weighted by Crippen LogP contribution is -2.22. The van der Waals surface area contributed by atoms with Crippen molar-refractivity contribution in [2.24, 2.45) is 0 Å². The molecule has 39 heavy (non-hydrogen) atoms. The van der Waals surface area contributed by atoms with Crippen LogP contribution in [0.3, 0.4) is 0 Å². The van der Waals surface area contributed by atoms with E-state index in [1.807, 2.05) is 31.2 Å². The Morgan fingerprint density at radius 2 is 1.67 bits per heavy atom. The number of likely N-dealkylation sites (N-methyl/N-ethyl adjacent to an activating group) is 1. The minimum Gasteiger partial charge on any atom is -0.492 e. The zero-order chi connectivity index (χ0) is 28.4. The molecule has 204 valence electrons. The second-order valence-electron chi connectivity index (χ2n) is 9.04. The third-order valence-corrected chi connectivity index (χ3v) is 6.08. The first-order valence-electron chi connectivity index (χ1n) is 12.7. The molecule has 3 aromatic rings. The molecule has 6 nitrogen and oxygen atoms in total. The van der Waals surface area contributed by atoms with Gasteiger partial charge in [-0.2, -0.15) is 4.39 Å². The van der Waals surface area contributed by atoms with Gasteiger partial charge in [0.25, 0.3) is 0 Å². The number of benzene rings is 3. The summed E-state index contributed by atoms with van der Waals surface area (Å²) in [6.07, 6.45) is 3.92. The molecule has 3 aromatic carbocycles. The zero-order valence-electron chi connectivity index (χ0n) is 22.4. The second-order valence-corrected chi connectivity index (χ2v) is 9.04. The lowest BCUT2D eigenvalue weighted by Gasteiger charge is -2.18. The number of hydrogen-bond donors (Lipinski definition) is 3. The molecule has 0 saturated heterocycles. The molecular weight excluding hydrogens is 498 g/mol. The largest absolute Gasteiger partial charge is 0.492 e. The molecule has 0 aliphatic heterocycles. The summed E-state index contributed by atoms with van der Waals surface area (Å²) in [5.74, 6) is -0.817. The van der Waals surface area contributed by atoms with Crippen LogP contribution in [-0.2, 0) is 4.79 Å². The van der Waals surface area contributed by atoms with Crippen molar-refractivity contribution in [3.05, 3.63) is 107 Å². The van der Waals surface area contributed by atoms with E-state index in [1.165, 1.54) is 23.1 Å². The predicted octanol–water partition coefficient (Wildman–Crippen LogP) is 5.68. The summed E-state index contributed by atoms with van der Waals surface area (Å²) in [6, 6.07) is 18.8. The molecule has 0 atom stereocenters. The van der Waals surface area contributed by atoms with E-state index in [0.717, 1.165) is 22.3 Å². The molecule has 8 heteroatoms. The van der Waals surface area contributed by atoms with Crippen LogP contribution in [0, 0.1) is 11.2 Å². The molecule has 4 N–H and O–H groups in total. The molecule has 0 bridgehead atoms. The van der Waals surface area contributed by atoms with Crippen LogP contribution in [0.1, 0.15) is 35.6 Å². The van der Waals surface area contributed by atoms with Crippen LogP contribution in [0.2, 0.25) is 0 Å². The molecule has 3 rings (SSSR count). The van der Waals surface area contributed by atoms with Gasteiger partial charge >= 0.3 is 0 Å². The second kappa shape index (κ2) is 14.0. The van der Waals surface area contributed by atoms with E-state index in [0.29, 0.717) is 37.4 Å². The average Bonchev–Trinajstić information content (AvgIpc) is 2.92. The normalized spacial score (nSPS) is 11.8. The Bertz CT molecular complexity index is 1350. The van der Waals surface area contributed by atoms with Crippen molar-refractivity contribution in [2.45, 2.75) is 13.3 Å². The smallest absolute Gasteiger partial charge is 0.245 e. The predicted molar refractivity (Wildman–Crippen MR) is 154 cm³/mol. The van der Waals surface area contributed by atoms with E-state index in [1.54, 1.807) is 50.5 Å². The highest BCUT2D eigenvalue weighted by Crippen LogP contribution is 2.36. The number of ether oxygens (including phenoxy) is 1. The molecule has 0 radical (unpaired) electrons. The van der Waals surface area contributed by atoms with Gasteiger partial charge in [-0.25, -0.2) is 4.39 Å². The quantitative estimate of drug-likeness (QED) is 0.0920. The van der Waals surface area contributed by atoms with E-state index in [-0.39, 0.29) is 23.0 Å². The van der Waals surface area contributed by atoms with Crippen molar-refractivity contribution in [3.63, 3.8) is 0 Å². The molecule has 0 fully saturated rings. The van der Waals surface area contributed by atoms with Crippen LogP contribution < -0.4 is 15.8 Å². The Hall–Kier alpha value is -4.30. The SMILES string of the molecule is CC/C(=C(/c1ccc(OCCNC/C=C/C(=O)N(C)C)cc1)c1ccc(N)c(C(=N)F)c1)c1ccc(F)cc1. The molecule has 0 saturated carbocycles. The van der Waals surface area contributed by atoms with Crippen LogP contribution in [0.25, 0.3) is 11.1 Å². The minimum absolute atomic E-state index is 0.0212. The third kappa shape index (κ3) is 8.09. The van der Waals surface area contributed by atoms with Gasteiger partial charge in [0.2, 0.25) is 11.9 Å². The summed E-state index contributed by atoms with van der Waals surface area (Å²) < 4.78 is 33.4. The number of hydrogen-bond acceptors (Lipinski definition) is 5. The summed E-state index contributed by atoms with van der Waals surface area (Å²) in [5, 5.41) is 10.7. The van der Waals surface area contributed by atoms with E-state index in [9.17, 15) is 13.6 Å². The fourth-order valence-corrected chi connectivity index (χ4v) is 4.05. The summed E-state index contributed by atoms with van der Waals surface area (Å²) in [6.45, 7) is 3.60. The monoisotopic (exact) mass is 532 g/mol. The van der Waals surface area contributed by atoms with Crippen molar-refractivity contribution in [1.29, 1.82) is 5.41 Å². The summed E-state index contributed by atoms with van der Waals surface area (Å²) in [4.78, 5) is 13.0. The molecule has 0 aromatic heterocycles. The van der Waals surface area contributed by atoms with Gasteiger partial charge in [-0.3, -0.25) is 10.2 Å². The van der Waals surface area contributed by atoms with Gasteiger partial charge in [0, 0.05) is 38.9 Å². The summed E-state index contributed by atoms with van der Waals surface area (Å²) >= 11 is 0. The fourth-order valence-electron chi connectivity index (χ4n) is 4.05. The number of amides is 1. The van der Waals surface area contributed by atoms with Crippen LogP contribution in [0.15, 0.2) is 78.9 Å². The van der Waals surface area contributed by atoms with Gasteiger partial charge in [-0.15, -0.1) is 0 Å². The Balaban J connectivity index is 1.83. The number of nitrogen functional groups attached to an aromatic ring is 1. The van der Waals surface area contributed by atoms with E-state index in [4.69, 9.17) is 15.9 Å². The van der Waals surface area contributed by atoms with E-state index in [2.05, 4.69) is 5.32 Å². The van der Waals surface area contributed by atoms with Gasteiger partial charge < -0.3 is 20.7 Å². The average molecular weight is 533 g/mol. The van der Waals surface area contributed by atoms with Crippen LogP contribution in [-0.4, -0.2) is 50.6 Å². The Morgan fingerprint density at radius 1 is 1.03 bits per heavy atom. The van der Waals surface area contributed by atoms with Crippen molar-refractivity contribution in [3.8, 4) is 5.75 Å². The van der Waals surface area contributed by atoms with Crippen molar-refractivity contribution in [2.75, 3.05) is 39.5 Å². The molecule has 0 spiro atoms. The lowest BCUT2D eigenvalue weighted by atomic mass is 9.87. The van der Waals surface area contributed by atoms with Crippen LogP contribution >= 0.6 is 0 Å². The zero-order valence-corrected chi connectivity index (χ0v) is 22.4. The van der Waals surface area contributed by atoms with Crippen molar-refractivity contribution < 1.29 is 18.3 Å². The van der Waals surface area contributed by atoms with Gasteiger partial charge in [-0.1, -0.05) is 43.3 Å². The maximum absolute atomic E-state index is 13.9. The molecule has 1 amide bonds. The number of allylic oxidation sites excluding steroid dienone is 1. The highest BCUT2D eigenvalue weighted by Gasteiger charge is 2.16. The first kappa shape index (κ1) is 29.3. The topological polar surface area (TPSA) is 91.4 Å².